The first-order valence-electron chi connectivity index (χ1n) is 4.06. The second-order valence-electron chi connectivity index (χ2n) is 2.84. The van der Waals surface area contributed by atoms with Gasteiger partial charge in [-0.3, -0.25) is 4.79 Å². The summed E-state index contributed by atoms with van der Waals surface area (Å²) in [5.41, 5.74) is 0. The normalized spacial score (nSPS) is 12.2. The maximum atomic E-state index is 10.9. The summed E-state index contributed by atoms with van der Waals surface area (Å²) >= 11 is 0. The first-order chi connectivity index (χ1) is 6.11. The number of hydrogen-bond donors (Lipinski definition) is 1. The maximum Gasteiger partial charge on any atom is 0.169 e. The van der Waals surface area contributed by atoms with Gasteiger partial charge in [0.1, 0.15) is 0 Å². The highest BCUT2D eigenvalue weighted by Crippen LogP contribution is 2.25. The molecule has 0 unspecified atom stereocenters. The lowest BCUT2D eigenvalue weighted by Gasteiger charge is -2.12. The zero-order valence-electron chi connectivity index (χ0n) is 7.65. The van der Waals surface area contributed by atoms with Crippen LogP contribution in [0.4, 0.5) is 0 Å². The minimum absolute atomic E-state index is 0.0515. The van der Waals surface area contributed by atoms with Gasteiger partial charge in [0.25, 0.3) is 0 Å². The van der Waals surface area contributed by atoms with Gasteiger partial charge in [-0.2, -0.15) is 0 Å². The summed E-state index contributed by atoms with van der Waals surface area (Å²) in [5, 5.41) is 9.30. The molecule has 70 valence electrons. The Balaban J connectivity index is 2.74. The third-order valence-electron chi connectivity index (χ3n) is 1.74. The molecule has 0 aliphatic heterocycles. The van der Waals surface area contributed by atoms with Crippen molar-refractivity contribution in [1.29, 1.82) is 0 Å². The number of carbonyl (C=O) groups excluding carboxylic acids is 1. The smallest absolute Gasteiger partial charge is 0.169 e. The summed E-state index contributed by atoms with van der Waals surface area (Å²) in [6.45, 7) is 3.10. The van der Waals surface area contributed by atoms with Crippen molar-refractivity contribution in [2.24, 2.45) is 0 Å². The highest BCUT2D eigenvalue weighted by atomic mass is 16.5. The van der Waals surface area contributed by atoms with Crippen LogP contribution in [0.2, 0.25) is 0 Å². The van der Waals surface area contributed by atoms with Crippen LogP contribution in [-0.2, 0) is 4.79 Å². The van der Waals surface area contributed by atoms with E-state index in [0.29, 0.717) is 5.75 Å². The average molecular weight is 180 g/mol. The molecular formula is C10H12O3. The monoisotopic (exact) mass is 180 g/mol. The van der Waals surface area contributed by atoms with Crippen LogP contribution in [0.5, 0.6) is 11.5 Å². The molecule has 0 spiro atoms. The van der Waals surface area contributed by atoms with Crippen LogP contribution < -0.4 is 4.74 Å². The fraction of sp³-hybridized carbons (Fsp3) is 0.300. The number of hydrogen-bond acceptors (Lipinski definition) is 3. The first kappa shape index (κ1) is 9.58. The fourth-order valence-electron chi connectivity index (χ4n) is 0.830. The molecule has 0 saturated heterocycles. The SMILES string of the molecule is CC(=O)[C@@H](C)Oc1ccccc1O. The second kappa shape index (κ2) is 3.94. The average Bonchev–Trinajstić information content (AvgIpc) is 2.08. The van der Waals surface area contributed by atoms with Gasteiger partial charge >= 0.3 is 0 Å². The van der Waals surface area contributed by atoms with Crippen LogP contribution >= 0.6 is 0 Å². The molecule has 3 nitrogen and oxygen atoms in total. The van der Waals surface area contributed by atoms with Crippen LogP contribution in [0, 0.1) is 0 Å². The number of Topliss-reactive ketones (excluding diaryl/α,β-unsaturated/α-hetero) is 1. The number of phenolic OH excluding ortho intramolecular Hbond substituents is 1. The molecule has 1 atom stereocenters. The summed E-state index contributed by atoms with van der Waals surface area (Å²) in [7, 11) is 0. The quantitative estimate of drug-likeness (QED) is 0.770. The van der Waals surface area contributed by atoms with E-state index in [1.54, 1.807) is 25.1 Å². The Hall–Kier alpha value is -1.51. The van der Waals surface area contributed by atoms with Crippen molar-refractivity contribution in [2.75, 3.05) is 0 Å². The van der Waals surface area contributed by atoms with Crippen molar-refractivity contribution in [3.05, 3.63) is 24.3 Å². The number of ether oxygens (including phenoxy) is 1. The summed E-state index contributed by atoms with van der Waals surface area (Å²) in [6.07, 6.45) is -0.520. The summed E-state index contributed by atoms with van der Waals surface area (Å²) in [4.78, 5) is 10.9. The Morgan fingerprint density at radius 2 is 2.08 bits per heavy atom. The number of para-hydroxylation sites is 2. The van der Waals surface area contributed by atoms with Crippen LogP contribution in [0.3, 0.4) is 0 Å². The molecule has 0 heterocycles. The Bertz CT molecular complexity index is 307. The maximum absolute atomic E-state index is 10.9. The highest BCUT2D eigenvalue weighted by molar-refractivity contribution is 5.80. The van der Waals surface area contributed by atoms with Gasteiger partial charge in [0.2, 0.25) is 0 Å². The van der Waals surface area contributed by atoms with Crippen molar-refractivity contribution in [3.8, 4) is 11.5 Å². The Kier molecular flexibility index (Phi) is 2.90. The molecule has 0 aliphatic carbocycles. The first-order valence-corrected chi connectivity index (χ1v) is 4.06. The highest BCUT2D eigenvalue weighted by Gasteiger charge is 2.10. The van der Waals surface area contributed by atoms with Gasteiger partial charge in [0.05, 0.1) is 0 Å². The number of phenols is 1. The van der Waals surface area contributed by atoms with Crippen molar-refractivity contribution >= 4 is 5.78 Å². The molecule has 0 aliphatic rings. The van der Waals surface area contributed by atoms with E-state index in [1.165, 1.54) is 13.0 Å². The molecule has 1 aromatic rings. The van der Waals surface area contributed by atoms with Gasteiger partial charge in [-0.1, -0.05) is 12.1 Å². The van der Waals surface area contributed by atoms with Gasteiger partial charge in [0.15, 0.2) is 23.4 Å². The number of rotatable bonds is 3. The molecule has 0 amide bonds. The van der Waals surface area contributed by atoms with E-state index >= 15 is 0 Å². The zero-order valence-corrected chi connectivity index (χ0v) is 7.65. The third kappa shape index (κ3) is 2.47. The number of carbonyl (C=O) groups is 1. The topological polar surface area (TPSA) is 46.5 Å². The Morgan fingerprint density at radius 1 is 1.46 bits per heavy atom. The van der Waals surface area contributed by atoms with Crippen molar-refractivity contribution in [1.82, 2.24) is 0 Å². The molecule has 3 heteroatoms. The molecule has 13 heavy (non-hydrogen) atoms. The second-order valence-corrected chi connectivity index (χ2v) is 2.84. The molecule has 0 saturated carbocycles. The minimum Gasteiger partial charge on any atom is -0.504 e. The lowest BCUT2D eigenvalue weighted by Crippen LogP contribution is -2.20. The summed E-state index contributed by atoms with van der Waals surface area (Å²) in [6, 6.07) is 6.57. The molecule has 0 radical (unpaired) electrons. The Labute approximate surface area is 77.0 Å². The van der Waals surface area contributed by atoms with E-state index in [0.717, 1.165) is 0 Å². The minimum atomic E-state index is -0.520. The molecule has 1 aromatic carbocycles. The fourth-order valence-corrected chi connectivity index (χ4v) is 0.830. The van der Waals surface area contributed by atoms with Crippen molar-refractivity contribution < 1.29 is 14.6 Å². The number of benzene rings is 1. The summed E-state index contributed by atoms with van der Waals surface area (Å²) in [5.74, 6) is 0.323. The number of ketones is 1. The van der Waals surface area contributed by atoms with Crippen molar-refractivity contribution in [2.45, 2.75) is 20.0 Å². The lowest BCUT2D eigenvalue weighted by molar-refractivity contribution is -0.122. The van der Waals surface area contributed by atoms with E-state index in [1.807, 2.05) is 0 Å². The zero-order chi connectivity index (χ0) is 9.84. The van der Waals surface area contributed by atoms with Crippen LogP contribution in [0.1, 0.15) is 13.8 Å². The predicted molar refractivity (Wildman–Crippen MR) is 48.9 cm³/mol. The molecule has 0 aromatic heterocycles. The van der Waals surface area contributed by atoms with Crippen LogP contribution in [0.15, 0.2) is 24.3 Å². The van der Waals surface area contributed by atoms with E-state index < -0.39 is 6.10 Å². The van der Waals surface area contributed by atoms with E-state index in [-0.39, 0.29) is 11.5 Å². The van der Waals surface area contributed by atoms with Gasteiger partial charge in [0, 0.05) is 0 Å². The van der Waals surface area contributed by atoms with Crippen molar-refractivity contribution in [3.63, 3.8) is 0 Å². The molecule has 1 N–H and O–H groups in total. The third-order valence-corrected chi connectivity index (χ3v) is 1.74. The molecular weight excluding hydrogens is 168 g/mol. The largest absolute Gasteiger partial charge is 0.504 e. The van der Waals surface area contributed by atoms with E-state index in [9.17, 15) is 9.90 Å². The predicted octanol–water partition coefficient (Wildman–Crippen LogP) is 1.75. The summed E-state index contributed by atoms with van der Waals surface area (Å²) < 4.78 is 5.21. The van der Waals surface area contributed by atoms with Gasteiger partial charge in [-0.05, 0) is 26.0 Å². The van der Waals surface area contributed by atoms with Gasteiger partial charge in [-0.25, -0.2) is 0 Å². The van der Waals surface area contributed by atoms with Crippen LogP contribution in [-0.4, -0.2) is 17.0 Å². The molecule has 0 fully saturated rings. The molecule has 0 bridgehead atoms. The van der Waals surface area contributed by atoms with E-state index in [4.69, 9.17) is 4.74 Å². The van der Waals surface area contributed by atoms with Gasteiger partial charge < -0.3 is 9.84 Å². The lowest BCUT2D eigenvalue weighted by atomic mass is 10.3. The standard InChI is InChI=1S/C10H12O3/c1-7(11)8(2)13-10-6-4-3-5-9(10)12/h3-6,8,12H,1-2H3/t8-/m1/s1. The molecule has 1 rings (SSSR count). The number of aromatic hydroxyl groups is 1. The Morgan fingerprint density at radius 3 is 2.62 bits per heavy atom. The van der Waals surface area contributed by atoms with Gasteiger partial charge in [-0.15, -0.1) is 0 Å². The van der Waals surface area contributed by atoms with E-state index in [2.05, 4.69) is 0 Å². The van der Waals surface area contributed by atoms with Crippen LogP contribution in [0.25, 0.3) is 0 Å².